The molecule has 1 aliphatic rings. The fraction of sp³-hybridized carbons (Fsp3) is 0.750. The quantitative estimate of drug-likeness (QED) is 0.829. The van der Waals surface area contributed by atoms with Crippen molar-refractivity contribution in [2.24, 2.45) is 0 Å². The van der Waals surface area contributed by atoms with Gasteiger partial charge in [-0.3, -0.25) is 0 Å². The lowest BCUT2D eigenvalue weighted by molar-refractivity contribution is 0.109. The third-order valence-corrected chi connectivity index (χ3v) is 3.95. The molecule has 1 aromatic heterocycles. The SMILES string of the molecule is CCc1nc(CC2CCCO2)nc(CC)c1CCNC. The molecule has 1 N–H and O–H groups in total. The molecule has 20 heavy (non-hydrogen) atoms. The summed E-state index contributed by atoms with van der Waals surface area (Å²) in [6.07, 6.45) is 6.49. The van der Waals surface area contributed by atoms with Crippen LogP contribution in [0.4, 0.5) is 0 Å². The average Bonchev–Trinajstić information content (AvgIpc) is 2.97. The molecule has 0 amide bonds. The minimum Gasteiger partial charge on any atom is -0.378 e. The van der Waals surface area contributed by atoms with Crippen LogP contribution in [0.25, 0.3) is 0 Å². The lowest BCUT2D eigenvalue weighted by atomic mass is 10.0. The molecule has 1 fully saturated rings. The maximum absolute atomic E-state index is 5.71. The third kappa shape index (κ3) is 3.76. The molecule has 0 saturated carbocycles. The number of aromatic nitrogens is 2. The summed E-state index contributed by atoms with van der Waals surface area (Å²) in [7, 11) is 1.99. The average molecular weight is 277 g/mol. The lowest BCUT2D eigenvalue weighted by Crippen LogP contribution is -2.18. The van der Waals surface area contributed by atoms with E-state index < -0.39 is 0 Å². The van der Waals surface area contributed by atoms with E-state index in [2.05, 4.69) is 19.2 Å². The van der Waals surface area contributed by atoms with Crippen LogP contribution in [-0.4, -0.2) is 36.3 Å². The van der Waals surface area contributed by atoms with Gasteiger partial charge in [0.15, 0.2) is 0 Å². The summed E-state index contributed by atoms with van der Waals surface area (Å²) in [6, 6.07) is 0. The van der Waals surface area contributed by atoms with Crippen molar-refractivity contribution >= 4 is 0 Å². The molecule has 4 heteroatoms. The predicted molar refractivity (Wildman–Crippen MR) is 81.1 cm³/mol. The highest BCUT2D eigenvalue weighted by Gasteiger charge is 2.19. The minimum atomic E-state index is 0.326. The number of hydrogen-bond acceptors (Lipinski definition) is 4. The highest BCUT2D eigenvalue weighted by molar-refractivity contribution is 5.27. The van der Waals surface area contributed by atoms with Gasteiger partial charge in [-0.25, -0.2) is 9.97 Å². The van der Waals surface area contributed by atoms with E-state index in [9.17, 15) is 0 Å². The van der Waals surface area contributed by atoms with Crippen LogP contribution in [0, 0.1) is 0 Å². The van der Waals surface area contributed by atoms with Crippen LogP contribution in [0.5, 0.6) is 0 Å². The largest absolute Gasteiger partial charge is 0.378 e. The highest BCUT2D eigenvalue weighted by Crippen LogP contribution is 2.19. The fourth-order valence-corrected chi connectivity index (χ4v) is 2.86. The number of nitrogens with one attached hydrogen (secondary N) is 1. The van der Waals surface area contributed by atoms with Crippen LogP contribution in [0.3, 0.4) is 0 Å². The molecule has 0 radical (unpaired) electrons. The van der Waals surface area contributed by atoms with Gasteiger partial charge in [-0.1, -0.05) is 13.8 Å². The molecule has 0 bridgehead atoms. The van der Waals surface area contributed by atoms with E-state index in [4.69, 9.17) is 14.7 Å². The number of nitrogens with zero attached hydrogens (tertiary/aromatic N) is 2. The Balaban J connectivity index is 2.20. The van der Waals surface area contributed by atoms with E-state index in [1.54, 1.807) is 0 Å². The first-order chi connectivity index (χ1) is 9.78. The molecule has 4 nitrogen and oxygen atoms in total. The van der Waals surface area contributed by atoms with Gasteiger partial charge in [-0.05, 0) is 51.3 Å². The summed E-state index contributed by atoms with van der Waals surface area (Å²) < 4.78 is 5.71. The molecule has 1 unspecified atom stereocenters. The predicted octanol–water partition coefficient (Wildman–Crippen LogP) is 2.08. The van der Waals surface area contributed by atoms with Gasteiger partial charge in [-0.2, -0.15) is 0 Å². The Morgan fingerprint density at radius 2 is 1.90 bits per heavy atom. The Hall–Kier alpha value is -1.00. The van der Waals surface area contributed by atoms with Gasteiger partial charge in [0.2, 0.25) is 0 Å². The Morgan fingerprint density at radius 3 is 2.40 bits per heavy atom. The second-order valence-corrected chi connectivity index (χ2v) is 5.41. The number of ether oxygens (including phenoxy) is 1. The highest BCUT2D eigenvalue weighted by atomic mass is 16.5. The van der Waals surface area contributed by atoms with Crippen molar-refractivity contribution in [1.29, 1.82) is 0 Å². The smallest absolute Gasteiger partial charge is 0.131 e. The fourth-order valence-electron chi connectivity index (χ4n) is 2.86. The molecule has 0 aliphatic carbocycles. The van der Waals surface area contributed by atoms with Crippen molar-refractivity contribution in [1.82, 2.24) is 15.3 Å². The minimum absolute atomic E-state index is 0.326. The van der Waals surface area contributed by atoms with Gasteiger partial charge in [0.25, 0.3) is 0 Å². The molecule has 0 spiro atoms. The zero-order valence-electron chi connectivity index (χ0n) is 13.0. The normalized spacial score (nSPS) is 18.6. The van der Waals surface area contributed by atoms with Crippen LogP contribution in [-0.2, 0) is 30.4 Å². The Labute approximate surface area is 122 Å². The van der Waals surface area contributed by atoms with Crippen molar-refractivity contribution in [3.8, 4) is 0 Å². The molecule has 2 heterocycles. The van der Waals surface area contributed by atoms with Crippen molar-refractivity contribution in [2.75, 3.05) is 20.2 Å². The lowest BCUT2D eigenvalue weighted by Gasteiger charge is -2.15. The molecule has 112 valence electrons. The summed E-state index contributed by atoms with van der Waals surface area (Å²) in [4.78, 5) is 9.59. The summed E-state index contributed by atoms with van der Waals surface area (Å²) >= 11 is 0. The number of aryl methyl sites for hydroxylation is 2. The second-order valence-electron chi connectivity index (χ2n) is 5.41. The van der Waals surface area contributed by atoms with Crippen LogP contribution >= 0.6 is 0 Å². The van der Waals surface area contributed by atoms with Gasteiger partial charge >= 0.3 is 0 Å². The first-order valence-electron chi connectivity index (χ1n) is 7.92. The Kier molecular flexibility index (Phi) is 5.92. The molecular weight excluding hydrogens is 250 g/mol. The molecule has 0 aromatic carbocycles. The van der Waals surface area contributed by atoms with Gasteiger partial charge in [0.1, 0.15) is 5.82 Å². The van der Waals surface area contributed by atoms with Gasteiger partial charge in [0, 0.05) is 24.4 Å². The van der Waals surface area contributed by atoms with Crippen molar-refractivity contribution in [2.45, 2.75) is 58.5 Å². The Bertz CT molecular complexity index is 403. The van der Waals surface area contributed by atoms with E-state index in [0.29, 0.717) is 6.10 Å². The second kappa shape index (κ2) is 7.70. The summed E-state index contributed by atoms with van der Waals surface area (Å²) in [5.41, 5.74) is 3.79. The zero-order valence-corrected chi connectivity index (χ0v) is 13.0. The standard InChI is InChI=1S/C16H27N3O/c1-4-14-13(8-9-17-3)15(5-2)19-16(18-14)11-12-7-6-10-20-12/h12,17H,4-11H2,1-3H3. The first kappa shape index (κ1) is 15.4. The van der Waals surface area contributed by atoms with Gasteiger partial charge < -0.3 is 10.1 Å². The molecule has 1 saturated heterocycles. The van der Waals surface area contributed by atoms with E-state index in [-0.39, 0.29) is 0 Å². The Morgan fingerprint density at radius 1 is 1.20 bits per heavy atom. The zero-order chi connectivity index (χ0) is 14.4. The van der Waals surface area contributed by atoms with Crippen LogP contribution < -0.4 is 5.32 Å². The summed E-state index contributed by atoms with van der Waals surface area (Å²) in [5.74, 6) is 0.971. The van der Waals surface area contributed by atoms with Crippen LogP contribution in [0.2, 0.25) is 0 Å². The van der Waals surface area contributed by atoms with E-state index in [1.165, 1.54) is 23.4 Å². The molecule has 1 aliphatic heterocycles. The number of hydrogen-bond donors (Lipinski definition) is 1. The molecule has 2 rings (SSSR count). The van der Waals surface area contributed by atoms with E-state index >= 15 is 0 Å². The number of likely N-dealkylation sites (N-methyl/N-ethyl adjacent to an activating group) is 1. The third-order valence-electron chi connectivity index (χ3n) is 3.95. The van der Waals surface area contributed by atoms with Gasteiger partial charge in [-0.15, -0.1) is 0 Å². The summed E-state index contributed by atoms with van der Waals surface area (Å²) in [5, 5.41) is 3.22. The van der Waals surface area contributed by atoms with Crippen molar-refractivity contribution in [3.05, 3.63) is 22.8 Å². The molecule has 1 atom stereocenters. The van der Waals surface area contributed by atoms with Gasteiger partial charge in [0.05, 0.1) is 6.10 Å². The maximum atomic E-state index is 5.71. The maximum Gasteiger partial charge on any atom is 0.131 e. The molecule has 1 aromatic rings. The summed E-state index contributed by atoms with van der Waals surface area (Å²) in [6.45, 7) is 6.24. The number of rotatable bonds is 7. The van der Waals surface area contributed by atoms with Crippen LogP contribution in [0.15, 0.2) is 0 Å². The molecular formula is C16H27N3O. The topological polar surface area (TPSA) is 47.0 Å². The monoisotopic (exact) mass is 277 g/mol. The van der Waals surface area contributed by atoms with Crippen molar-refractivity contribution in [3.63, 3.8) is 0 Å². The van der Waals surface area contributed by atoms with Crippen molar-refractivity contribution < 1.29 is 4.74 Å². The van der Waals surface area contributed by atoms with Crippen LogP contribution in [0.1, 0.15) is 49.5 Å². The van der Waals surface area contributed by atoms with E-state index in [0.717, 1.165) is 51.1 Å². The van der Waals surface area contributed by atoms with E-state index in [1.807, 2.05) is 7.05 Å². The first-order valence-corrected chi connectivity index (χ1v) is 7.92.